The van der Waals surface area contributed by atoms with Crippen molar-refractivity contribution in [3.05, 3.63) is 46.6 Å². The maximum absolute atomic E-state index is 12.7. The van der Waals surface area contributed by atoms with Gasteiger partial charge in [-0.3, -0.25) is 14.4 Å². The largest absolute Gasteiger partial charge is 0.372 e. The number of likely N-dealkylation sites (tertiary alicyclic amines) is 1. The van der Waals surface area contributed by atoms with Gasteiger partial charge in [-0.1, -0.05) is 18.2 Å². The molecule has 5 rings (SSSR count). The first-order valence-corrected chi connectivity index (χ1v) is 13.2. The molecule has 0 spiro atoms. The molecule has 1 aromatic heterocycles. The standard InChI is InChI=1S/C21H24ClN3O2.C7H13NO2/c1-4-19(27)24-9-16(10-24)23-18(26)11-25-20-12(2)7-15(22)8-17(20)13(3)21(25)14-5-6-14;1-7(2)5-8(6-9)3-4-10-7/h4,7-8,14,16H,1,5-6,9-11H2,2-3H3,(H,23,26);6H,3-5H2,1-2H3. The highest BCUT2D eigenvalue weighted by molar-refractivity contribution is 6.31. The van der Waals surface area contributed by atoms with Gasteiger partial charge >= 0.3 is 0 Å². The van der Waals surface area contributed by atoms with Gasteiger partial charge in [-0.05, 0) is 75.8 Å². The van der Waals surface area contributed by atoms with Crippen LogP contribution in [-0.2, 0) is 25.7 Å². The van der Waals surface area contributed by atoms with E-state index in [1.165, 1.54) is 30.2 Å². The number of hydrogen-bond acceptors (Lipinski definition) is 4. The maximum atomic E-state index is 12.7. The summed E-state index contributed by atoms with van der Waals surface area (Å²) in [4.78, 5) is 38.0. The van der Waals surface area contributed by atoms with E-state index in [0.717, 1.165) is 34.4 Å². The molecule has 0 unspecified atom stereocenters. The number of fused-ring (bicyclic) bond motifs is 1. The van der Waals surface area contributed by atoms with Crippen LogP contribution in [0, 0.1) is 13.8 Å². The average Bonchev–Trinajstić information content (AvgIpc) is 3.60. The Kier molecular flexibility index (Phi) is 7.99. The van der Waals surface area contributed by atoms with E-state index in [0.29, 0.717) is 38.7 Å². The minimum Gasteiger partial charge on any atom is -0.372 e. The van der Waals surface area contributed by atoms with Gasteiger partial charge in [0.2, 0.25) is 18.2 Å². The Morgan fingerprint density at radius 1 is 1.24 bits per heavy atom. The lowest BCUT2D eigenvalue weighted by atomic mass is 10.1. The van der Waals surface area contributed by atoms with Crippen LogP contribution in [-0.4, -0.2) is 77.0 Å². The minimum atomic E-state index is -0.154. The fourth-order valence-corrected chi connectivity index (χ4v) is 5.60. The molecule has 200 valence electrons. The molecule has 2 aliphatic heterocycles. The van der Waals surface area contributed by atoms with E-state index in [2.05, 4.69) is 23.4 Å². The summed E-state index contributed by atoms with van der Waals surface area (Å²) in [6.07, 6.45) is 4.53. The lowest BCUT2D eigenvalue weighted by Crippen LogP contribution is -2.61. The molecule has 3 heterocycles. The first kappa shape index (κ1) is 27.2. The Morgan fingerprint density at radius 2 is 1.95 bits per heavy atom. The second-order valence-electron chi connectivity index (χ2n) is 10.9. The highest BCUT2D eigenvalue weighted by Gasteiger charge is 2.33. The molecule has 9 heteroatoms. The van der Waals surface area contributed by atoms with Crippen LogP contribution >= 0.6 is 11.6 Å². The maximum Gasteiger partial charge on any atom is 0.246 e. The summed E-state index contributed by atoms with van der Waals surface area (Å²) in [5, 5.41) is 4.92. The second kappa shape index (κ2) is 10.9. The normalized spacial score (nSPS) is 19.1. The summed E-state index contributed by atoms with van der Waals surface area (Å²) in [5.74, 6) is 0.433. The van der Waals surface area contributed by atoms with Crippen LogP contribution in [0.5, 0.6) is 0 Å². The summed E-state index contributed by atoms with van der Waals surface area (Å²) < 4.78 is 7.57. The molecule has 37 heavy (non-hydrogen) atoms. The van der Waals surface area contributed by atoms with Crippen molar-refractivity contribution in [3.8, 4) is 0 Å². The Labute approximate surface area is 223 Å². The zero-order valence-corrected chi connectivity index (χ0v) is 22.9. The molecule has 1 aromatic carbocycles. The molecule has 3 amide bonds. The van der Waals surface area contributed by atoms with Gasteiger partial charge in [-0.25, -0.2) is 0 Å². The SMILES string of the molecule is C=CC(=O)N1CC(NC(=O)Cn2c(C3CC3)c(C)c3cc(Cl)cc(C)c32)C1.CC1(C)CN(C=O)CCO1. The lowest BCUT2D eigenvalue weighted by molar-refractivity contribution is -0.133. The molecular formula is C28H37ClN4O4. The highest BCUT2D eigenvalue weighted by Crippen LogP contribution is 2.45. The Balaban J connectivity index is 0.000000270. The quantitative estimate of drug-likeness (QED) is 0.459. The van der Waals surface area contributed by atoms with Crippen molar-refractivity contribution in [1.29, 1.82) is 0 Å². The first-order valence-electron chi connectivity index (χ1n) is 12.9. The topological polar surface area (TPSA) is 83.9 Å². The summed E-state index contributed by atoms with van der Waals surface area (Å²) >= 11 is 6.28. The molecule has 1 saturated carbocycles. The van der Waals surface area contributed by atoms with Crippen LogP contribution < -0.4 is 5.32 Å². The number of hydrogen-bond donors (Lipinski definition) is 1. The van der Waals surface area contributed by atoms with Crippen LogP contribution in [0.2, 0.25) is 5.02 Å². The predicted molar refractivity (Wildman–Crippen MR) is 145 cm³/mol. The zero-order chi connectivity index (χ0) is 26.9. The average molecular weight is 529 g/mol. The number of nitrogens with zero attached hydrogens (tertiary/aromatic N) is 3. The van der Waals surface area contributed by atoms with Crippen LogP contribution in [0.15, 0.2) is 24.8 Å². The number of nitrogens with one attached hydrogen (secondary N) is 1. The van der Waals surface area contributed by atoms with E-state index < -0.39 is 0 Å². The summed E-state index contributed by atoms with van der Waals surface area (Å²) in [7, 11) is 0. The third-order valence-corrected chi connectivity index (χ3v) is 7.44. The number of halogens is 1. The predicted octanol–water partition coefficient (Wildman–Crippen LogP) is 3.56. The lowest BCUT2D eigenvalue weighted by Gasteiger charge is -2.39. The van der Waals surface area contributed by atoms with Gasteiger partial charge in [0.15, 0.2) is 0 Å². The van der Waals surface area contributed by atoms with Crippen molar-refractivity contribution in [2.75, 3.05) is 32.8 Å². The van der Waals surface area contributed by atoms with Crippen LogP contribution in [0.1, 0.15) is 49.4 Å². The number of morpholine rings is 1. The van der Waals surface area contributed by atoms with Gasteiger partial charge < -0.3 is 24.4 Å². The van der Waals surface area contributed by atoms with Crippen LogP contribution in [0.3, 0.4) is 0 Å². The molecule has 2 aromatic rings. The van der Waals surface area contributed by atoms with Crippen molar-refractivity contribution in [1.82, 2.24) is 19.7 Å². The molecule has 1 aliphatic carbocycles. The van der Waals surface area contributed by atoms with Gasteiger partial charge in [-0.2, -0.15) is 0 Å². The number of amides is 3. The number of carbonyl (C=O) groups is 3. The molecule has 2 saturated heterocycles. The second-order valence-corrected chi connectivity index (χ2v) is 11.3. The summed E-state index contributed by atoms with van der Waals surface area (Å²) in [6.45, 7) is 15.1. The van der Waals surface area contributed by atoms with Crippen LogP contribution in [0.4, 0.5) is 0 Å². The van der Waals surface area contributed by atoms with Gasteiger partial charge in [-0.15, -0.1) is 0 Å². The van der Waals surface area contributed by atoms with Gasteiger partial charge in [0.05, 0.1) is 23.8 Å². The van der Waals surface area contributed by atoms with Crippen molar-refractivity contribution >= 4 is 40.7 Å². The third-order valence-electron chi connectivity index (χ3n) is 7.22. The number of aryl methyl sites for hydroxylation is 2. The number of aromatic nitrogens is 1. The zero-order valence-electron chi connectivity index (χ0n) is 22.2. The fourth-order valence-electron chi connectivity index (χ4n) is 5.33. The molecule has 1 N–H and O–H groups in total. The molecule has 0 radical (unpaired) electrons. The Morgan fingerprint density at radius 3 is 2.51 bits per heavy atom. The molecular weight excluding hydrogens is 492 g/mol. The van der Waals surface area contributed by atoms with Crippen molar-refractivity contribution < 1.29 is 19.1 Å². The van der Waals surface area contributed by atoms with E-state index >= 15 is 0 Å². The molecule has 0 bridgehead atoms. The van der Waals surface area contributed by atoms with Gasteiger partial charge in [0.25, 0.3) is 0 Å². The number of benzene rings is 1. The van der Waals surface area contributed by atoms with Crippen molar-refractivity contribution in [2.24, 2.45) is 0 Å². The molecule has 0 atom stereocenters. The van der Waals surface area contributed by atoms with E-state index in [4.69, 9.17) is 16.3 Å². The molecule has 3 aliphatic rings. The van der Waals surface area contributed by atoms with E-state index in [1.807, 2.05) is 32.9 Å². The van der Waals surface area contributed by atoms with E-state index in [-0.39, 0.29) is 23.5 Å². The van der Waals surface area contributed by atoms with Gasteiger partial charge in [0, 0.05) is 42.3 Å². The van der Waals surface area contributed by atoms with Crippen molar-refractivity contribution in [2.45, 2.75) is 64.6 Å². The van der Waals surface area contributed by atoms with Gasteiger partial charge in [0.1, 0.15) is 6.54 Å². The first-order chi connectivity index (χ1) is 17.5. The van der Waals surface area contributed by atoms with Crippen molar-refractivity contribution in [3.63, 3.8) is 0 Å². The summed E-state index contributed by atoms with van der Waals surface area (Å²) in [6, 6.07) is 3.98. The molecule has 8 nitrogen and oxygen atoms in total. The summed E-state index contributed by atoms with van der Waals surface area (Å²) in [5.41, 5.74) is 4.54. The smallest absolute Gasteiger partial charge is 0.246 e. The Bertz CT molecular complexity index is 1210. The minimum absolute atomic E-state index is 0.0150. The number of rotatable bonds is 6. The number of ether oxygens (including phenoxy) is 1. The highest BCUT2D eigenvalue weighted by atomic mass is 35.5. The van der Waals surface area contributed by atoms with E-state index in [9.17, 15) is 14.4 Å². The van der Waals surface area contributed by atoms with E-state index in [1.54, 1.807) is 9.80 Å². The number of carbonyl (C=O) groups excluding carboxylic acids is 3. The Hall–Kier alpha value is -2.84. The molecule has 3 fully saturated rings. The fraction of sp³-hybridized carbons (Fsp3) is 0.536. The van der Waals surface area contributed by atoms with Crippen LogP contribution in [0.25, 0.3) is 10.9 Å². The monoisotopic (exact) mass is 528 g/mol. The third kappa shape index (κ3) is 6.18.